The molecule has 0 spiro atoms. The maximum absolute atomic E-state index is 13.2. The zero-order chi connectivity index (χ0) is 23.3. The molecule has 1 aromatic carbocycles. The number of hydrogen-bond donors (Lipinski definition) is 2. The van der Waals surface area contributed by atoms with Gasteiger partial charge in [-0.3, -0.25) is 19.2 Å². The van der Waals surface area contributed by atoms with Crippen molar-refractivity contribution >= 4 is 23.1 Å². The fraction of sp³-hybridized carbons (Fsp3) is 0.520. The van der Waals surface area contributed by atoms with Gasteiger partial charge < -0.3 is 10.2 Å². The van der Waals surface area contributed by atoms with Crippen molar-refractivity contribution in [2.24, 2.45) is 16.7 Å². The molecule has 0 amide bonds. The van der Waals surface area contributed by atoms with Crippen molar-refractivity contribution in [1.82, 2.24) is 0 Å². The molecule has 6 nitrogen and oxygen atoms in total. The Labute approximate surface area is 182 Å². The molecule has 0 unspecified atom stereocenters. The fourth-order valence-corrected chi connectivity index (χ4v) is 5.05. The number of carbonyl (C=O) groups excluding carboxylic acids is 4. The highest BCUT2D eigenvalue weighted by molar-refractivity contribution is 6.10. The highest BCUT2D eigenvalue weighted by atomic mass is 16.3. The minimum atomic E-state index is -1.15. The molecule has 0 heterocycles. The maximum atomic E-state index is 13.2. The average Bonchev–Trinajstić information content (AvgIpc) is 2.57. The highest BCUT2D eigenvalue weighted by Crippen LogP contribution is 2.48. The van der Waals surface area contributed by atoms with E-state index in [1.54, 1.807) is 0 Å². The lowest BCUT2D eigenvalue weighted by Gasteiger charge is -2.39. The van der Waals surface area contributed by atoms with Crippen molar-refractivity contribution in [2.45, 2.75) is 66.2 Å². The second-order valence-corrected chi connectivity index (χ2v) is 10.5. The predicted molar refractivity (Wildman–Crippen MR) is 115 cm³/mol. The summed E-state index contributed by atoms with van der Waals surface area (Å²) in [6.45, 7) is 8.76. The number of aliphatic hydroxyl groups is 1. The van der Waals surface area contributed by atoms with E-state index < -0.39 is 22.7 Å². The summed E-state index contributed by atoms with van der Waals surface area (Å²) in [5.41, 5.74) is -0.447. The van der Waals surface area contributed by atoms with E-state index in [9.17, 15) is 29.4 Å². The monoisotopic (exact) mass is 426 g/mol. The smallest absolute Gasteiger partial charge is 0.163 e. The van der Waals surface area contributed by atoms with Crippen LogP contribution in [-0.4, -0.2) is 33.3 Å². The van der Waals surface area contributed by atoms with Crippen LogP contribution in [0.1, 0.15) is 82.1 Å². The summed E-state index contributed by atoms with van der Waals surface area (Å²) in [5.74, 6) is -3.78. The van der Waals surface area contributed by atoms with E-state index in [0.29, 0.717) is 5.56 Å². The van der Waals surface area contributed by atoms with Gasteiger partial charge >= 0.3 is 0 Å². The molecular formula is C25H30O6. The lowest BCUT2D eigenvalue weighted by atomic mass is 9.62. The molecular weight excluding hydrogens is 396 g/mol. The van der Waals surface area contributed by atoms with Gasteiger partial charge in [0.15, 0.2) is 11.6 Å². The Balaban J connectivity index is 2.27. The Hall–Kier alpha value is -2.76. The van der Waals surface area contributed by atoms with E-state index in [-0.39, 0.29) is 71.5 Å². The molecule has 0 bridgehead atoms. The van der Waals surface area contributed by atoms with Crippen LogP contribution >= 0.6 is 0 Å². The Morgan fingerprint density at radius 2 is 1.48 bits per heavy atom. The number of Topliss-reactive ketones (excluding diaryl/α,β-unsaturated/α-hetero) is 4. The molecule has 1 atom stereocenters. The maximum Gasteiger partial charge on any atom is 0.163 e. The highest BCUT2D eigenvalue weighted by Gasteiger charge is 2.49. The first-order chi connectivity index (χ1) is 14.2. The van der Waals surface area contributed by atoms with E-state index in [2.05, 4.69) is 0 Å². The summed E-state index contributed by atoms with van der Waals surface area (Å²) in [4.78, 5) is 52.0. The number of phenols is 1. The van der Waals surface area contributed by atoms with Gasteiger partial charge in [-0.2, -0.15) is 0 Å². The molecule has 31 heavy (non-hydrogen) atoms. The lowest BCUT2D eigenvalue weighted by molar-refractivity contribution is -0.140. The zero-order valence-corrected chi connectivity index (χ0v) is 18.7. The van der Waals surface area contributed by atoms with Gasteiger partial charge in [0, 0.05) is 42.7 Å². The van der Waals surface area contributed by atoms with Gasteiger partial charge in [0.2, 0.25) is 0 Å². The molecule has 3 rings (SSSR count). The minimum Gasteiger partial charge on any atom is -0.512 e. The average molecular weight is 427 g/mol. The topological polar surface area (TPSA) is 109 Å². The molecule has 2 N–H and O–H groups in total. The van der Waals surface area contributed by atoms with Crippen molar-refractivity contribution in [3.63, 3.8) is 0 Å². The standard InChI is InChI=1S/C25H30O6/c1-13(26)16-8-14(27)6-7-15(16)21(22-17(28)9-24(2,3)10-18(22)29)23-19(30)11-25(4,5)12-20(23)31/h6-8,21-22,27,30H,9-12H2,1-5H3/t21-/m1/s1. The van der Waals surface area contributed by atoms with Gasteiger partial charge in [-0.05, 0) is 35.4 Å². The van der Waals surface area contributed by atoms with Crippen LogP contribution in [0.3, 0.4) is 0 Å². The van der Waals surface area contributed by atoms with Crippen LogP contribution in [0.4, 0.5) is 0 Å². The summed E-state index contributed by atoms with van der Waals surface area (Å²) >= 11 is 0. The van der Waals surface area contributed by atoms with Crippen LogP contribution in [0.15, 0.2) is 29.5 Å². The molecule has 0 saturated heterocycles. The van der Waals surface area contributed by atoms with Crippen LogP contribution in [0.25, 0.3) is 0 Å². The Morgan fingerprint density at radius 3 is 2.00 bits per heavy atom. The SMILES string of the molecule is CC(=O)c1cc(O)ccc1[C@@H](C1=C(O)CC(C)(C)CC1=O)C1C(=O)CC(C)(C)CC1=O. The summed E-state index contributed by atoms with van der Waals surface area (Å²) in [7, 11) is 0. The van der Waals surface area contributed by atoms with E-state index in [1.165, 1.54) is 25.1 Å². The number of aromatic hydroxyl groups is 1. The van der Waals surface area contributed by atoms with Crippen molar-refractivity contribution < 1.29 is 29.4 Å². The van der Waals surface area contributed by atoms with Gasteiger partial charge in [0.1, 0.15) is 23.1 Å². The largest absolute Gasteiger partial charge is 0.512 e. The van der Waals surface area contributed by atoms with Crippen LogP contribution in [0.2, 0.25) is 0 Å². The number of benzene rings is 1. The number of allylic oxidation sites excluding steroid dienone is 2. The lowest BCUT2D eigenvalue weighted by Crippen LogP contribution is -2.43. The predicted octanol–water partition coefficient (Wildman–Crippen LogP) is 4.45. The Morgan fingerprint density at radius 1 is 0.935 bits per heavy atom. The van der Waals surface area contributed by atoms with Crippen LogP contribution in [0.5, 0.6) is 5.75 Å². The number of rotatable bonds is 4. The van der Waals surface area contributed by atoms with Crippen molar-refractivity contribution in [3.05, 3.63) is 40.7 Å². The first-order valence-corrected chi connectivity index (χ1v) is 10.6. The van der Waals surface area contributed by atoms with Crippen LogP contribution in [-0.2, 0) is 14.4 Å². The van der Waals surface area contributed by atoms with Gasteiger partial charge in [-0.1, -0.05) is 33.8 Å². The zero-order valence-electron chi connectivity index (χ0n) is 18.7. The molecule has 2 aliphatic rings. The first-order valence-electron chi connectivity index (χ1n) is 10.6. The Bertz CT molecular complexity index is 991. The number of ketones is 4. The fourth-order valence-electron chi connectivity index (χ4n) is 5.05. The molecule has 1 aromatic rings. The quantitative estimate of drug-likeness (QED) is 0.544. The van der Waals surface area contributed by atoms with Crippen molar-refractivity contribution in [1.29, 1.82) is 0 Å². The summed E-state index contributed by atoms with van der Waals surface area (Å²) in [6, 6.07) is 4.12. The third-order valence-corrected chi connectivity index (χ3v) is 6.29. The van der Waals surface area contributed by atoms with Crippen LogP contribution in [0, 0.1) is 16.7 Å². The summed E-state index contributed by atoms with van der Waals surface area (Å²) in [6.07, 6.45) is 0.734. The van der Waals surface area contributed by atoms with E-state index >= 15 is 0 Å². The number of phenolic OH excluding ortho intramolecular Hbond substituents is 1. The van der Waals surface area contributed by atoms with E-state index in [1.807, 2.05) is 27.7 Å². The molecule has 6 heteroatoms. The van der Waals surface area contributed by atoms with E-state index in [0.717, 1.165) is 0 Å². The molecule has 0 aliphatic heterocycles. The molecule has 1 fully saturated rings. The van der Waals surface area contributed by atoms with Gasteiger partial charge in [0.25, 0.3) is 0 Å². The normalized spacial score (nSPS) is 22.5. The van der Waals surface area contributed by atoms with Gasteiger partial charge in [0.05, 0.1) is 5.92 Å². The number of aliphatic hydroxyl groups excluding tert-OH is 1. The molecule has 2 aliphatic carbocycles. The molecule has 1 saturated carbocycles. The van der Waals surface area contributed by atoms with Crippen molar-refractivity contribution in [3.8, 4) is 5.75 Å². The second-order valence-electron chi connectivity index (χ2n) is 10.5. The molecule has 166 valence electrons. The summed E-state index contributed by atoms with van der Waals surface area (Å²) in [5, 5.41) is 20.8. The third-order valence-electron chi connectivity index (χ3n) is 6.29. The minimum absolute atomic E-state index is 0.0407. The van der Waals surface area contributed by atoms with Crippen molar-refractivity contribution in [2.75, 3.05) is 0 Å². The molecule has 0 radical (unpaired) electrons. The number of carbonyl (C=O) groups is 4. The van der Waals surface area contributed by atoms with E-state index in [4.69, 9.17) is 0 Å². The summed E-state index contributed by atoms with van der Waals surface area (Å²) < 4.78 is 0. The third kappa shape index (κ3) is 4.48. The van der Waals surface area contributed by atoms with Gasteiger partial charge in [-0.25, -0.2) is 0 Å². The second kappa shape index (κ2) is 7.74. The van der Waals surface area contributed by atoms with Gasteiger partial charge in [-0.15, -0.1) is 0 Å². The van der Waals surface area contributed by atoms with Crippen LogP contribution < -0.4 is 0 Å². The molecule has 0 aromatic heterocycles. The number of hydrogen-bond acceptors (Lipinski definition) is 6. The Kier molecular flexibility index (Phi) is 5.72. The first kappa shape index (κ1) is 22.9.